The molecule has 0 N–H and O–H groups in total. The van der Waals surface area contributed by atoms with Crippen molar-refractivity contribution in [2.45, 2.75) is 70.5 Å². The lowest BCUT2D eigenvalue weighted by molar-refractivity contribution is 0.127. The summed E-state index contributed by atoms with van der Waals surface area (Å²) in [5.41, 5.74) is 0.814. The minimum atomic E-state index is -2.54. The van der Waals surface area contributed by atoms with E-state index >= 15 is 0 Å². The fraction of sp³-hybridized carbons (Fsp3) is 1.00. The van der Waals surface area contributed by atoms with Gasteiger partial charge in [0, 0.05) is 27.0 Å². The number of unbranched alkanes of at least 4 members (excludes halogenated alkanes) is 3. The summed E-state index contributed by atoms with van der Waals surface area (Å²) in [6.45, 7) is 11.4. The van der Waals surface area contributed by atoms with E-state index in [4.69, 9.17) is 17.4 Å². The Bertz CT molecular complexity index is 273. The van der Waals surface area contributed by atoms with E-state index in [2.05, 4.69) is 33.1 Å². The van der Waals surface area contributed by atoms with Crippen molar-refractivity contribution < 1.29 is 17.4 Å². The van der Waals surface area contributed by atoms with Gasteiger partial charge in [-0.3, -0.25) is 0 Å². The first kappa shape index (κ1) is 21.5. The van der Waals surface area contributed by atoms with Crippen molar-refractivity contribution in [3.05, 3.63) is 0 Å². The van der Waals surface area contributed by atoms with Crippen LogP contribution in [0.1, 0.15) is 32.6 Å². The predicted molar refractivity (Wildman–Crippen MR) is 96.6 cm³/mol. The second-order valence-electron chi connectivity index (χ2n) is 6.90. The van der Waals surface area contributed by atoms with E-state index < -0.39 is 25.4 Å². The first-order chi connectivity index (χ1) is 9.66. The minimum Gasteiger partial charge on any atom is -0.455 e. The lowest BCUT2D eigenvalue weighted by Crippen LogP contribution is -2.54. The molecule has 0 aromatic carbocycles. The standard InChI is InChI=1S/C14H36O4Si3/c1-9-10-11-12-13-19(5,6)18-20(7,8)14-21(15-2,16-3)17-4/h9-14H2,1-8H3. The van der Waals surface area contributed by atoms with Gasteiger partial charge < -0.3 is 17.4 Å². The molecule has 0 radical (unpaired) electrons. The number of hydrogen-bond acceptors (Lipinski definition) is 4. The third kappa shape index (κ3) is 8.63. The van der Waals surface area contributed by atoms with Crippen LogP contribution in [0, 0.1) is 0 Å². The highest BCUT2D eigenvalue weighted by Crippen LogP contribution is 2.28. The van der Waals surface area contributed by atoms with Gasteiger partial charge in [0.2, 0.25) is 0 Å². The smallest absolute Gasteiger partial charge is 0.455 e. The van der Waals surface area contributed by atoms with Crippen molar-refractivity contribution in [3.8, 4) is 0 Å². The molecule has 0 saturated heterocycles. The third-order valence-corrected chi connectivity index (χ3v) is 16.7. The summed E-state index contributed by atoms with van der Waals surface area (Å²) in [6, 6.07) is 1.24. The molecule has 0 aromatic rings. The molecule has 21 heavy (non-hydrogen) atoms. The van der Waals surface area contributed by atoms with E-state index in [1.54, 1.807) is 21.3 Å². The number of rotatable bonds is 12. The van der Waals surface area contributed by atoms with Gasteiger partial charge in [0.1, 0.15) is 0 Å². The first-order valence-corrected chi connectivity index (χ1v) is 16.2. The molecule has 0 atom stereocenters. The van der Waals surface area contributed by atoms with E-state index in [9.17, 15) is 0 Å². The van der Waals surface area contributed by atoms with Crippen LogP contribution in [-0.4, -0.2) is 46.8 Å². The molecule has 0 fully saturated rings. The Kier molecular flexibility index (Phi) is 9.81. The normalized spacial score (nSPS) is 13.7. The van der Waals surface area contributed by atoms with Crippen LogP contribution in [0.25, 0.3) is 0 Å². The largest absolute Gasteiger partial charge is 0.499 e. The maximum atomic E-state index is 6.64. The number of hydrogen-bond donors (Lipinski definition) is 0. The summed E-state index contributed by atoms with van der Waals surface area (Å²) < 4.78 is 23.3. The van der Waals surface area contributed by atoms with Gasteiger partial charge in [0.15, 0.2) is 16.6 Å². The van der Waals surface area contributed by atoms with Crippen LogP contribution in [-0.2, 0) is 17.4 Å². The molecule has 0 saturated carbocycles. The summed E-state index contributed by atoms with van der Waals surface area (Å²) in [5.74, 6) is 0. The van der Waals surface area contributed by atoms with Gasteiger partial charge in [-0.2, -0.15) is 0 Å². The summed E-state index contributed by atoms with van der Waals surface area (Å²) in [6.07, 6.45) is 5.23. The first-order valence-electron chi connectivity index (χ1n) is 8.01. The van der Waals surface area contributed by atoms with Gasteiger partial charge in [-0.1, -0.05) is 32.6 Å². The van der Waals surface area contributed by atoms with Crippen molar-refractivity contribution in [2.75, 3.05) is 21.3 Å². The van der Waals surface area contributed by atoms with Crippen LogP contribution < -0.4 is 0 Å². The van der Waals surface area contributed by atoms with Gasteiger partial charge in [-0.15, -0.1) is 0 Å². The van der Waals surface area contributed by atoms with E-state index in [1.807, 2.05) is 0 Å². The van der Waals surface area contributed by atoms with E-state index in [0.717, 1.165) is 5.67 Å². The van der Waals surface area contributed by atoms with Crippen molar-refractivity contribution in [1.29, 1.82) is 0 Å². The quantitative estimate of drug-likeness (QED) is 0.385. The van der Waals surface area contributed by atoms with Gasteiger partial charge in [-0.25, -0.2) is 0 Å². The van der Waals surface area contributed by atoms with Crippen molar-refractivity contribution in [2.24, 2.45) is 0 Å². The monoisotopic (exact) mass is 352 g/mol. The van der Waals surface area contributed by atoms with Gasteiger partial charge >= 0.3 is 8.80 Å². The fourth-order valence-corrected chi connectivity index (χ4v) is 17.6. The Morgan fingerprint density at radius 1 is 0.714 bits per heavy atom. The second-order valence-corrected chi connectivity index (χ2v) is 19.3. The van der Waals surface area contributed by atoms with E-state index in [1.165, 1.54) is 31.7 Å². The Labute approximate surface area is 135 Å². The zero-order valence-corrected chi connectivity index (χ0v) is 18.4. The minimum absolute atomic E-state index is 0.814. The molecule has 0 aliphatic heterocycles. The van der Waals surface area contributed by atoms with Gasteiger partial charge in [-0.05, 0) is 32.2 Å². The van der Waals surface area contributed by atoms with Crippen LogP contribution in [0.5, 0.6) is 0 Å². The third-order valence-electron chi connectivity index (χ3n) is 3.76. The predicted octanol–water partition coefficient (Wildman–Crippen LogP) is 4.41. The molecule has 0 unspecified atom stereocenters. The van der Waals surface area contributed by atoms with Crippen LogP contribution in [0.4, 0.5) is 0 Å². The summed E-state index contributed by atoms with van der Waals surface area (Å²) in [7, 11) is -0.971. The molecule has 0 rings (SSSR count). The summed E-state index contributed by atoms with van der Waals surface area (Å²) >= 11 is 0. The Balaban J connectivity index is 4.55. The topological polar surface area (TPSA) is 36.9 Å². The Morgan fingerprint density at radius 2 is 1.24 bits per heavy atom. The Hall–Kier alpha value is 0.491. The highest BCUT2D eigenvalue weighted by atomic mass is 28.5. The Morgan fingerprint density at radius 3 is 1.67 bits per heavy atom. The summed E-state index contributed by atoms with van der Waals surface area (Å²) in [5, 5.41) is 0. The van der Waals surface area contributed by atoms with Crippen molar-refractivity contribution in [1.82, 2.24) is 0 Å². The molecular formula is C14H36O4Si3. The molecule has 7 heteroatoms. The molecule has 0 aliphatic rings. The molecule has 0 heterocycles. The molecule has 0 amide bonds. The maximum absolute atomic E-state index is 6.64. The molecule has 0 spiro atoms. The van der Waals surface area contributed by atoms with Crippen LogP contribution >= 0.6 is 0 Å². The molecule has 4 nitrogen and oxygen atoms in total. The van der Waals surface area contributed by atoms with Gasteiger partial charge in [0.05, 0.1) is 0 Å². The van der Waals surface area contributed by atoms with Gasteiger partial charge in [0.25, 0.3) is 0 Å². The highest BCUT2D eigenvalue weighted by Gasteiger charge is 2.47. The van der Waals surface area contributed by atoms with Crippen LogP contribution in [0.2, 0.25) is 37.9 Å². The zero-order valence-electron chi connectivity index (χ0n) is 15.4. The molecule has 128 valence electrons. The van der Waals surface area contributed by atoms with Crippen LogP contribution in [0.15, 0.2) is 0 Å². The van der Waals surface area contributed by atoms with E-state index in [-0.39, 0.29) is 0 Å². The van der Waals surface area contributed by atoms with Crippen molar-refractivity contribution in [3.63, 3.8) is 0 Å². The maximum Gasteiger partial charge on any atom is 0.499 e. The van der Waals surface area contributed by atoms with Crippen LogP contribution in [0.3, 0.4) is 0 Å². The lowest BCUT2D eigenvalue weighted by Gasteiger charge is -2.37. The average Bonchev–Trinajstić information content (AvgIpc) is 2.40. The second kappa shape index (κ2) is 9.59. The highest BCUT2D eigenvalue weighted by molar-refractivity contribution is 6.91. The molecule has 0 aromatic heterocycles. The fourth-order valence-electron chi connectivity index (χ4n) is 2.80. The summed E-state index contributed by atoms with van der Waals surface area (Å²) in [4.78, 5) is 0. The lowest BCUT2D eigenvalue weighted by atomic mass is 10.2. The van der Waals surface area contributed by atoms with Crippen molar-refractivity contribution >= 4 is 25.4 Å². The van der Waals surface area contributed by atoms with E-state index in [0.29, 0.717) is 0 Å². The molecule has 0 bridgehead atoms. The SMILES string of the molecule is CCCCCC[Si](C)(C)O[Si](C)(C)C[Si](OC)(OC)OC. The zero-order chi connectivity index (χ0) is 16.6. The molecular weight excluding hydrogens is 316 g/mol. The molecule has 0 aliphatic carbocycles. The average molecular weight is 353 g/mol.